The summed E-state index contributed by atoms with van der Waals surface area (Å²) in [5.74, 6) is 0.417. The van der Waals surface area contributed by atoms with Crippen molar-refractivity contribution in [1.82, 2.24) is 9.97 Å². The Labute approximate surface area is 95.7 Å². The summed E-state index contributed by atoms with van der Waals surface area (Å²) >= 11 is 3.35. The van der Waals surface area contributed by atoms with E-state index in [0.29, 0.717) is 12.2 Å². The zero-order chi connectivity index (χ0) is 10.7. The summed E-state index contributed by atoms with van der Waals surface area (Å²) in [6.07, 6.45) is 3.60. The molecule has 76 valence electrons. The van der Waals surface area contributed by atoms with E-state index in [1.54, 1.807) is 12.4 Å². The van der Waals surface area contributed by atoms with Gasteiger partial charge in [0.25, 0.3) is 0 Å². The topological polar surface area (TPSA) is 45.8 Å². The molecule has 1 aromatic carbocycles. The maximum Gasteiger partial charge on any atom is 0.202 e. The van der Waals surface area contributed by atoms with Crippen molar-refractivity contribution in [2.45, 2.75) is 6.42 Å². The van der Waals surface area contributed by atoms with Crippen LogP contribution in [-0.2, 0) is 6.42 Å². The Morgan fingerprint density at radius 2 is 2.07 bits per heavy atom. The lowest BCUT2D eigenvalue weighted by Gasteiger charge is -1.98. The van der Waals surface area contributed by atoms with E-state index in [2.05, 4.69) is 25.9 Å². The second-order valence-corrected chi connectivity index (χ2v) is 4.08. The number of aromatic amines is 1. The van der Waals surface area contributed by atoms with Crippen LogP contribution in [0.1, 0.15) is 16.2 Å². The van der Waals surface area contributed by atoms with Crippen LogP contribution in [0.3, 0.4) is 0 Å². The van der Waals surface area contributed by atoms with Crippen molar-refractivity contribution in [2.75, 3.05) is 0 Å². The molecule has 0 radical (unpaired) electrons. The summed E-state index contributed by atoms with van der Waals surface area (Å²) in [6, 6.07) is 7.69. The fourth-order valence-corrected chi connectivity index (χ4v) is 1.55. The number of Topliss-reactive ketones (excluding diaryl/α,β-unsaturated/α-hetero) is 1. The van der Waals surface area contributed by atoms with Crippen LogP contribution < -0.4 is 0 Å². The summed E-state index contributed by atoms with van der Waals surface area (Å²) < 4.78 is 1.01. The molecule has 0 atom stereocenters. The summed E-state index contributed by atoms with van der Waals surface area (Å²) in [5.41, 5.74) is 0.986. The number of nitrogens with one attached hydrogen (secondary N) is 1. The highest BCUT2D eigenvalue weighted by molar-refractivity contribution is 9.10. The highest BCUT2D eigenvalue weighted by Crippen LogP contribution is 2.11. The van der Waals surface area contributed by atoms with E-state index in [1.807, 2.05) is 24.3 Å². The maximum atomic E-state index is 11.7. The molecule has 0 bridgehead atoms. The average Bonchev–Trinajstić information content (AvgIpc) is 2.74. The number of imidazole rings is 1. The van der Waals surface area contributed by atoms with Crippen LogP contribution >= 0.6 is 15.9 Å². The maximum absolute atomic E-state index is 11.7. The van der Waals surface area contributed by atoms with E-state index in [1.165, 1.54) is 0 Å². The smallest absolute Gasteiger partial charge is 0.202 e. The largest absolute Gasteiger partial charge is 0.342 e. The number of carbonyl (C=O) groups excluding carboxylic acids is 1. The number of ketones is 1. The molecule has 0 amide bonds. The molecule has 0 aliphatic rings. The number of rotatable bonds is 3. The van der Waals surface area contributed by atoms with Gasteiger partial charge in [0.1, 0.15) is 0 Å². The molecule has 1 N–H and O–H groups in total. The first-order chi connectivity index (χ1) is 7.25. The van der Waals surface area contributed by atoms with Gasteiger partial charge >= 0.3 is 0 Å². The Morgan fingerprint density at radius 1 is 1.33 bits per heavy atom. The SMILES string of the molecule is O=C(Cc1ccc(Br)cc1)c1ncc[nH]1. The van der Waals surface area contributed by atoms with Gasteiger partial charge in [0.05, 0.1) is 0 Å². The number of benzene rings is 1. The summed E-state index contributed by atoms with van der Waals surface area (Å²) in [6.45, 7) is 0. The number of nitrogens with zero attached hydrogens (tertiary/aromatic N) is 1. The predicted octanol–water partition coefficient (Wildman–Crippen LogP) is 2.60. The van der Waals surface area contributed by atoms with Crippen LogP contribution in [0.5, 0.6) is 0 Å². The van der Waals surface area contributed by atoms with Crippen molar-refractivity contribution >= 4 is 21.7 Å². The minimum Gasteiger partial charge on any atom is -0.342 e. The zero-order valence-electron chi connectivity index (χ0n) is 7.90. The van der Waals surface area contributed by atoms with Crippen molar-refractivity contribution in [3.63, 3.8) is 0 Å². The first-order valence-corrected chi connectivity index (χ1v) is 5.32. The third-order valence-corrected chi connectivity index (χ3v) is 2.57. The molecular weight excluding hydrogens is 256 g/mol. The molecule has 0 unspecified atom stereocenters. The van der Waals surface area contributed by atoms with Gasteiger partial charge in [0.2, 0.25) is 5.78 Å². The minimum absolute atomic E-state index is 0.00215. The fourth-order valence-electron chi connectivity index (χ4n) is 1.29. The summed E-state index contributed by atoms with van der Waals surface area (Å²) in [7, 11) is 0. The molecule has 0 saturated carbocycles. The molecular formula is C11H9BrN2O. The summed E-state index contributed by atoms with van der Waals surface area (Å²) in [4.78, 5) is 18.4. The van der Waals surface area contributed by atoms with Crippen molar-refractivity contribution in [3.8, 4) is 0 Å². The Bertz CT molecular complexity index is 448. The van der Waals surface area contributed by atoms with Crippen molar-refractivity contribution in [3.05, 3.63) is 52.5 Å². The molecule has 0 aliphatic heterocycles. The van der Waals surface area contributed by atoms with Crippen LogP contribution in [0, 0.1) is 0 Å². The molecule has 1 heterocycles. The van der Waals surface area contributed by atoms with E-state index in [-0.39, 0.29) is 5.78 Å². The average molecular weight is 265 g/mol. The Morgan fingerprint density at radius 3 is 2.67 bits per heavy atom. The van der Waals surface area contributed by atoms with Crippen molar-refractivity contribution in [1.29, 1.82) is 0 Å². The molecule has 3 nitrogen and oxygen atoms in total. The highest BCUT2D eigenvalue weighted by Gasteiger charge is 2.08. The molecule has 1 aromatic heterocycles. The number of hydrogen-bond donors (Lipinski definition) is 1. The van der Waals surface area contributed by atoms with E-state index >= 15 is 0 Å². The van der Waals surface area contributed by atoms with Gasteiger partial charge in [-0.1, -0.05) is 28.1 Å². The third kappa shape index (κ3) is 2.53. The second-order valence-electron chi connectivity index (χ2n) is 3.16. The lowest BCUT2D eigenvalue weighted by atomic mass is 10.1. The van der Waals surface area contributed by atoms with Gasteiger partial charge in [-0.3, -0.25) is 4.79 Å². The molecule has 0 spiro atoms. The van der Waals surface area contributed by atoms with Crippen molar-refractivity contribution < 1.29 is 4.79 Å². The Hall–Kier alpha value is -1.42. The minimum atomic E-state index is 0.00215. The van der Waals surface area contributed by atoms with Gasteiger partial charge in [-0.25, -0.2) is 4.98 Å². The van der Waals surface area contributed by atoms with Gasteiger partial charge in [0, 0.05) is 23.3 Å². The standard InChI is InChI=1S/C11H9BrN2O/c12-9-3-1-8(2-4-9)7-10(15)11-13-5-6-14-11/h1-6H,7H2,(H,13,14). The van der Waals surface area contributed by atoms with E-state index in [4.69, 9.17) is 0 Å². The molecule has 0 aliphatic carbocycles. The molecule has 15 heavy (non-hydrogen) atoms. The normalized spacial score (nSPS) is 10.2. The first kappa shape index (κ1) is 10.1. The molecule has 2 aromatic rings. The van der Waals surface area contributed by atoms with Gasteiger partial charge in [-0.2, -0.15) is 0 Å². The van der Waals surface area contributed by atoms with E-state index in [9.17, 15) is 4.79 Å². The third-order valence-electron chi connectivity index (χ3n) is 2.04. The monoisotopic (exact) mass is 264 g/mol. The summed E-state index contributed by atoms with van der Waals surface area (Å²) in [5, 5.41) is 0. The van der Waals surface area contributed by atoms with Gasteiger partial charge in [-0.15, -0.1) is 0 Å². The lowest BCUT2D eigenvalue weighted by molar-refractivity contribution is 0.0984. The molecule has 0 fully saturated rings. The molecule has 4 heteroatoms. The van der Waals surface area contributed by atoms with Crippen LogP contribution in [0.25, 0.3) is 0 Å². The number of hydrogen-bond acceptors (Lipinski definition) is 2. The van der Waals surface area contributed by atoms with Crippen LogP contribution in [-0.4, -0.2) is 15.8 Å². The van der Waals surface area contributed by atoms with Crippen LogP contribution in [0.4, 0.5) is 0 Å². The van der Waals surface area contributed by atoms with Gasteiger partial charge < -0.3 is 4.98 Å². The van der Waals surface area contributed by atoms with Crippen LogP contribution in [0.15, 0.2) is 41.1 Å². The first-order valence-electron chi connectivity index (χ1n) is 4.53. The second kappa shape index (κ2) is 4.40. The van der Waals surface area contributed by atoms with Crippen LogP contribution in [0.2, 0.25) is 0 Å². The molecule has 0 saturated heterocycles. The lowest BCUT2D eigenvalue weighted by Crippen LogP contribution is -2.05. The van der Waals surface area contributed by atoms with E-state index < -0.39 is 0 Å². The van der Waals surface area contributed by atoms with Gasteiger partial charge in [0.15, 0.2) is 5.82 Å². The van der Waals surface area contributed by atoms with E-state index in [0.717, 1.165) is 10.0 Å². The Balaban J connectivity index is 2.09. The fraction of sp³-hybridized carbons (Fsp3) is 0.0909. The predicted molar refractivity (Wildman–Crippen MR) is 60.8 cm³/mol. The Kier molecular flexibility index (Phi) is 2.97. The number of H-pyrrole nitrogens is 1. The number of aromatic nitrogens is 2. The quantitative estimate of drug-likeness (QED) is 0.867. The highest BCUT2D eigenvalue weighted by atomic mass is 79.9. The van der Waals surface area contributed by atoms with Gasteiger partial charge in [-0.05, 0) is 17.7 Å². The number of carbonyl (C=O) groups is 1. The molecule has 2 rings (SSSR count). The zero-order valence-corrected chi connectivity index (χ0v) is 9.49. The number of halogens is 1. The van der Waals surface area contributed by atoms with Crippen molar-refractivity contribution in [2.24, 2.45) is 0 Å².